The van der Waals surface area contributed by atoms with E-state index in [1.54, 1.807) is 0 Å². The van der Waals surface area contributed by atoms with Gasteiger partial charge in [0.05, 0.1) is 0 Å². The van der Waals surface area contributed by atoms with Crippen molar-refractivity contribution in [2.75, 3.05) is 20.1 Å². The fraction of sp³-hybridized carbons (Fsp3) is 0.625. The van der Waals surface area contributed by atoms with Crippen LogP contribution in [0.1, 0.15) is 37.3 Å². The Hall–Kier alpha value is -0.860. The molecule has 0 unspecified atom stereocenters. The summed E-state index contributed by atoms with van der Waals surface area (Å²) in [5.74, 6) is 0.980. The smallest absolute Gasteiger partial charge is 0.0237 e. The standard InChI is InChI=1S/C16H26N2/c1-3-10-18(12-14-8-9-14)13-16-7-5-4-6-15(16)11-17-2/h4-7,14,17H,3,8-13H2,1-2H3. The first-order valence-corrected chi connectivity index (χ1v) is 7.27. The average Bonchev–Trinajstić information content (AvgIpc) is 3.16. The van der Waals surface area contributed by atoms with Crippen LogP contribution in [0.2, 0.25) is 0 Å². The van der Waals surface area contributed by atoms with Crippen LogP contribution in [-0.4, -0.2) is 25.0 Å². The Kier molecular flexibility index (Phi) is 5.21. The molecule has 1 N–H and O–H groups in total. The van der Waals surface area contributed by atoms with Crippen LogP contribution in [0.5, 0.6) is 0 Å². The third-order valence-electron chi connectivity index (χ3n) is 3.63. The maximum Gasteiger partial charge on any atom is 0.0237 e. The highest BCUT2D eigenvalue weighted by molar-refractivity contribution is 5.27. The molecule has 1 aliphatic carbocycles. The molecule has 1 saturated carbocycles. The van der Waals surface area contributed by atoms with Gasteiger partial charge >= 0.3 is 0 Å². The van der Waals surface area contributed by atoms with Gasteiger partial charge in [-0.2, -0.15) is 0 Å². The molecule has 0 aromatic heterocycles. The first-order valence-electron chi connectivity index (χ1n) is 7.27. The van der Waals surface area contributed by atoms with Gasteiger partial charge in [-0.1, -0.05) is 31.2 Å². The van der Waals surface area contributed by atoms with E-state index in [1.807, 2.05) is 7.05 Å². The Balaban J connectivity index is 1.99. The molecule has 1 aromatic rings. The largest absolute Gasteiger partial charge is 0.316 e. The summed E-state index contributed by atoms with van der Waals surface area (Å²) in [7, 11) is 2.02. The van der Waals surface area contributed by atoms with Crippen LogP contribution in [0.15, 0.2) is 24.3 Å². The first-order chi connectivity index (χ1) is 8.83. The van der Waals surface area contributed by atoms with E-state index in [9.17, 15) is 0 Å². The molecule has 0 saturated heterocycles. The van der Waals surface area contributed by atoms with Crippen molar-refractivity contribution in [3.8, 4) is 0 Å². The summed E-state index contributed by atoms with van der Waals surface area (Å²) in [6, 6.07) is 8.83. The second kappa shape index (κ2) is 6.91. The van der Waals surface area contributed by atoms with E-state index >= 15 is 0 Å². The monoisotopic (exact) mass is 246 g/mol. The maximum atomic E-state index is 3.26. The lowest BCUT2D eigenvalue weighted by Gasteiger charge is -2.23. The molecule has 18 heavy (non-hydrogen) atoms. The lowest BCUT2D eigenvalue weighted by Crippen LogP contribution is -2.27. The van der Waals surface area contributed by atoms with Crippen LogP contribution in [0.3, 0.4) is 0 Å². The van der Waals surface area contributed by atoms with Crippen molar-refractivity contribution in [1.82, 2.24) is 10.2 Å². The van der Waals surface area contributed by atoms with Crippen LogP contribution in [0, 0.1) is 5.92 Å². The first kappa shape index (κ1) is 13.6. The summed E-state index contributed by atoms with van der Waals surface area (Å²) in [5, 5.41) is 3.26. The van der Waals surface area contributed by atoms with Crippen molar-refractivity contribution in [2.45, 2.75) is 39.3 Å². The zero-order valence-electron chi connectivity index (χ0n) is 11.8. The Morgan fingerprint density at radius 3 is 2.56 bits per heavy atom. The van der Waals surface area contributed by atoms with E-state index in [0.717, 1.165) is 19.0 Å². The molecule has 2 nitrogen and oxygen atoms in total. The van der Waals surface area contributed by atoms with Gasteiger partial charge in [0.15, 0.2) is 0 Å². The normalized spacial score (nSPS) is 15.3. The summed E-state index contributed by atoms with van der Waals surface area (Å²) < 4.78 is 0. The number of hydrogen-bond acceptors (Lipinski definition) is 2. The van der Waals surface area contributed by atoms with Gasteiger partial charge in [0.25, 0.3) is 0 Å². The van der Waals surface area contributed by atoms with E-state index in [-0.39, 0.29) is 0 Å². The van der Waals surface area contributed by atoms with Crippen molar-refractivity contribution in [3.05, 3.63) is 35.4 Å². The van der Waals surface area contributed by atoms with Crippen LogP contribution < -0.4 is 5.32 Å². The summed E-state index contributed by atoms with van der Waals surface area (Å²) in [5.41, 5.74) is 2.93. The highest BCUT2D eigenvalue weighted by Crippen LogP contribution is 2.30. The van der Waals surface area contributed by atoms with Crippen LogP contribution in [-0.2, 0) is 13.1 Å². The predicted molar refractivity (Wildman–Crippen MR) is 77.5 cm³/mol. The van der Waals surface area contributed by atoms with E-state index in [0.29, 0.717) is 0 Å². The van der Waals surface area contributed by atoms with Gasteiger partial charge in [0, 0.05) is 19.6 Å². The van der Waals surface area contributed by atoms with Gasteiger partial charge in [-0.3, -0.25) is 4.90 Å². The molecule has 2 rings (SSSR count). The molecule has 0 amide bonds. The molecule has 1 aromatic carbocycles. The molecule has 1 aliphatic rings. The van der Waals surface area contributed by atoms with Crippen LogP contribution >= 0.6 is 0 Å². The number of benzene rings is 1. The molecule has 0 atom stereocenters. The van der Waals surface area contributed by atoms with E-state index in [2.05, 4.69) is 41.4 Å². The molecule has 0 heterocycles. The molecule has 100 valence electrons. The van der Waals surface area contributed by atoms with Gasteiger partial charge < -0.3 is 5.32 Å². The quantitative estimate of drug-likeness (QED) is 0.758. The van der Waals surface area contributed by atoms with Crippen molar-refractivity contribution in [1.29, 1.82) is 0 Å². The molecule has 0 bridgehead atoms. The topological polar surface area (TPSA) is 15.3 Å². The Morgan fingerprint density at radius 2 is 1.94 bits per heavy atom. The van der Waals surface area contributed by atoms with E-state index in [1.165, 1.54) is 43.5 Å². The number of nitrogens with zero attached hydrogens (tertiary/aromatic N) is 1. The summed E-state index contributed by atoms with van der Waals surface area (Å²) in [6.07, 6.45) is 4.14. The lowest BCUT2D eigenvalue weighted by atomic mass is 10.1. The second-order valence-corrected chi connectivity index (χ2v) is 5.48. The third-order valence-corrected chi connectivity index (χ3v) is 3.63. The Morgan fingerprint density at radius 1 is 1.22 bits per heavy atom. The molecule has 0 spiro atoms. The summed E-state index contributed by atoms with van der Waals surface area (Å²) >= 11 is 0. The minimum absolute atomic E-state index is 0.972. The Bertz CT molecular complexity index is 358. The molecular weight excluding hydrogens is 220 g/mol. The fourth-order valence-electron chi connectivity index (χ4n) is 2.53. The lowest BCUT2D eigenvalue weighted by molar-refractivity contribution is 0.254. The minimum Gasteiger partial charge on any atom is -0.316 e. The van der Waals surface area contributed by atoms with Crippen LogP contribution in [0.4, 0.5) is 0 Å². The molecule has 2 heteroatoms. The highest BCUT2D eigenvalue weighted by Gasteiger charge is 2.24. The molecule has 1 fully saturated rings. The third kappa shape index (κ3) is 4.11. The summed E-state index contributed by atoms with van der Waals surface area (Å²) in [6.45, 7) is 6.88. The number of rotatable bonds is 8. The molecular formula is C16H26N2. The average molecular weight is 246 g/mol. The van der Waals surface area contributed by atoms with Crippen LogP contribution in [0.25, 0.3) is 0 Å². The van der Waals surface area contributed by atoms with E-state index in [4.69, 9.17) is 0 Å². The van der Waals surface area contributed by atoms with Gasteiger partial charge in [-0.05, 0) is 49.9 Å². The predicted octanol–water partition coefficient (Wildman–Crippen LogP) is 3.03. The van der Waals surface area contributed by atoms with Crippen molar-refractivity contribution in [2.24, 2.45) is 5.92 Å². The Labute approximate surface area is 111 Å². The van der Waals surface area contributed by atoms with Crippen molar-refractivity contribution >= 4 is 0 Å². The molecule has 0 aliphatic heterocycles. The molecule has 0 radical (unpaired) electrons. The fourth-order valence-corrected chi connectivity index (χ4v) is 2.53. The maximum absolute atomic E-state index is 3.26. The van der Waals surface area contributed by atoms with Gasteiger partial charge in [0.2, 0.25) is 0 Å². The van der Waals surface area contributed by atoms with Gasteiger partial charge in [0.1, 0.15) is 0 Å². The zero-order chi connectivity index (χ0) is 12.8. The van der Waals surface area contributed by atoms with Crippen molar-refractivity contribution < 1.29 is 0 Å². The van der Waals surface area contributed by atoms with Crippen molar-refractivity contribution in [3.63, 3.8) is 0 Å². The number of hydrogen-bond donors (Lipinski definition) is 1. The van der Waals surface area contributed by atoms with Gasteiger partial charge in [-0.15, -0.1) is 0 Å². The van der Waals surface area contributed by atoms with E-state index < -0.39 is 0 Å². The zero-order valence-corrected chi connectivity index (χ0v) is 11.8. The van der Waals surface area contributed by atoms with Gasteiger partial charge in [-0.25, -0.2) is 0 Å². The summed E-state index contributed by atoms with van der Waals surface area (Å²) in [4.78, 5) is 2.63. The number of nitrogens with one attached hydrogen (secondary N) is 1. The second-order valence-electron chi connectivity index (χ2n) is 5.48. The SMILES string of the molecule is CCCN(Cc1ccccc1CNC)CC1CC1. The highest BCUT2D eigenvalue weighted by atomic mass is 15.1. The minimum atomic E-state index is 0.972.